The number of rotatable bonds is 3. The third kappa shape index (κ3) is 3.19. The summed E-state index contributed by atoms with van der Waals surface area (Å²) < 4.78 is 5.50. The normalized spacial score (nSPS) is 15.4. The lowest BCUT2D eigenvalue weighted by Gasteiger charge is -1.98. The fourth-order valence-corrected chi connectivity index (χ4v) is 2.42. The van der Waals surface area contributed by atoms with Crippen LogP contribution in [0, 0.1) is 10.1 Å². The number of hydrogen-bond acceptors (Lipinski definition) is 5. The van der Waals surface area contributed by atoms with Crippen molar-refractivity contribution in [1.82, 2.24) is 0 Å². The van der Waals surface area contributed by atoms with Gasteiger partial charge in [0, 0.05) is 11.6 Å². The predicted octanol–water partition coefficient (Wildman–Crippen LogP) is 3.70. The highest BCUT2D eigenvalue weighted by atomic mass is 79.9. The maximum atomic E-state index is 11.9. The summed E-state index contributed by atoms with van der Waals surface area (Å²) in [5.74, 6) is -0.372. The molecule has 0 aromatic heterocycles. The van der Waals surface area contributed by atoms with E-state index in [0.717, 1.165) is 0 Å². The molecular formula is C16H9BrN2O4. The molecule has 1 aliphatic rings. The average molecular weight is 373 g/mol. The van der Waals surface area contributed by atoms with Crippen LogP contribution in [-0.2, 0) is 9.53 Å². The molecular weight excluding hydrogens is 364 g/mol. The number of hydrogen-bond donors (Lipinski definition) is 0. The number of cyclic esters (lactones) is 1. The van der Waals surface area contributed by atoms with Crippen molar-refractivity contribution in [1.29, 1.82) is 0 Å². The maximum absolute atomic E-state index is 11.9. The van der Waals surface area contributed by atoms with Crippen LogP contribution in [0.4, 0.5) is 5.69 Å². The lowest BCUT2D eigenvalue weighted by Crippen LogP contribution is -2.04. The fraction of sp³-hybridized carbons (Fsp3) is 0. The Bertz CT molecular complexity index is 860. The zero-order chi connectivity index (χ0) is 16.4. The number of nitrogens with zero attached hydrogens (tertiary/aromatic N) is 2. The minimum Gasteiger partial charge on any atom is -0.402 e. The Morgan fingerprint density at radius 2 is 1.91 bits per heavy atom. The standard InChI is InChI=1S/C16H9BrN2O4/c17-12-7-6-10(9-14(12)19(21)22)8-13-16(20)23-15(18-13)11-4-2-1-3-5-11/h1-9H. The van der Waals surface area contributed by atoms with Crippen molar-refractivity contribution in [2.75, 3.05) is 0 Å². The van der Waals surface area contributed by atoms with Crippen LogP contribution in [0.3, 0.4) is 0 Å². The number of aliphatic imine (C=N–C) groups is 1. The van der Waals surface area contributed by atoms with Gasteiger partial charge in [0.15, 0.2) is 5.70 Å². The molecule has 0 N–H and O–H groups in total. The van der Waals surface area contributed by atoms with Gasteiger partial charge < -0.3 is 4.74 Å². The van der Waals surface area contributed by atoms with Gasteiger partial charge in [0.05, 0.1) is 9.40 Å². The Kier molecular flexibility index (Phi) is 4.03. The van der Waals surface area contributed by atoms with Crippen molar-refractivity contribution in [3.05, 3.63) is 79.9 Å². The van der Waals surface area contributed by atoms with Crippen LogP contribution in [0.15, 0.2) is 63.7 Å². The molecule has 2 aromatic rings. The van der Waals surface area contributed by atoms with E-state index in [-0.39, 0.29) is 17.3 Å². The van der Waals surface area contributed by atoms with Crippen LogP contribution in [0.25, 0.3) is 6.08 Å². The second kappa shape index (κ2) is 6.13. The first-order valence-corrected chi connectivity index (χ1v) is 7.36. The van der Waals surface area contributed by atoms with Gasteiger partial charge in [-0.2, -0.15) is 0 Å². The highest BCUT2D eigenvalue weighted by Crippen LogP contribution is 2.27. The summed E-state index contributed by atoms with van der Waals surface area (Å²) >= 11 is 3.11. The molecule has 23 heavy (non-hydrogen) atoms. The van der Waals surface area contributed by atoms with E-state index >= 15 is 0 Å². The molecule has 0 unspecified atom stereocenters. The molecule has 0 amide bonds. The van der Waals surface area contributed by atoms with Gasteiger partial charge in [-0.3, -0.25) is 10.1 Å². The molecule has 0 spiro atoms. The molecule has 2 aromatic carbocycles. The van der Waals surface area contributed by atoms with Crippen LogP contribution in [0.1, 0.15) is 11.1 Å². The highest BCUT2D eigenvalue weighted by molar-refractivity contribution is 9.10. The monoisotopic (exact) mass is 372 g/mol. The molecule has 0 saturated heterocycles. The van der Waals surface area contributed by atoms with Gasteiger partial charge in [0.25, 0.3) is 5.69 Å². The highest BCUT2D eigenvalue weighted by Gasteiger charge is 2.24. The molecule has 0 bridgehead atoms. The van der Waals surface area contributed by atoms with Crippen molar-refractivity contribution in [2.24, 2.45) is 4.99 Å². The third-order valence-electron chi connectivity index (χ3n) is 3.11. The van der Waals surface area contributed by atoms with Gasteiger partial charge in [-0.15, -0.1) is 0 Å². The molecule has 1 heterocycles. The van der Waals surface area contributed by atoms with Crippen LogP contribution < -0.4 is 0 Å². The summed E-state index contributed by atoms with van der Waals surface area (Å²) in [6.07, 6.45) is 1.46. The van der Waals surface area contributed by atoms with Gasteiger partial charge in [-0.25, -0.2) is 9.79 Å². The average Bonchev–Trinajstić information content (AvgIpc) is 2.91. The summed E-state index contributed by atoms with van der Waals surface area (Å²) in [5.41, 5.74) is 1.19. The number of carbonyl (C=O) groups is 1. The first-order chi connectivity index (χ1) is 11.0. The summed E-state index contributed by atoms with van der Waals surface area (Å²) in [6, 6.07) is 13.6. The molecule has 0 fully saturated rings. The number of nitro benzene ring substituents is 1. The van der Waals surface area contributed by atoms with Gasteiger partial charge in [0.2, 0.25) is 5.90 Å². The minimum absolute atomic E-state index is 0.0852. The Morgan fingerprint density at radius 1 is 1.17 bits per heavy atom. The van der Waals surface area contributed by atoms with Crippen molar-refractivity contribution >= 4 is 39.6 Å². The largest absolute Gasteiger partial charge is 0.402 e. The van der Waals surface area contributed by atoms with Crippen molar-refractivity contribution in [3.63, 3.8) is 0 Å². The second-order valence-electron chi connectivity index (χ2n) is 4.67. The quantitative estimate of drug-likeness (QED) is 0.356. The van der Waals surface area contributed by atoms with Crippen LogP contribution >= 0.6 is 15.9 Å². The first-order valence-electron chi connectivity index (χ1n) is 6.56. The number of nitro groups is 1. The Hall–Kier alpha value is -2.80. The van der Waals surface area contributed by atoms with E-state index in [1.54, 1.807) is 24.3 Å². The van der Waals surface area contributed by atoms with Crippen molar-refractivity contribution < 1.29 is 14.5 Å². The summed E-state index contributed by atoms with van der Waals surface area (Å²) in [5, 5.41) is 10.9. The molecule has 6 nitrogen and oxygen atoms in total. The van der Waals surface area contributed by atoms with Crippen molar-refractivity contribution in [3.8, 4) is 0 Å². The molecule has 3 rings (SSSR count). The molecule has 0 saturated carbocycles. The number of halogens is 1. The number of esters is 1. The lowest BCUT2D eigenvalue weighted by molar-refractivity contribution is -0.385. The smallest absolute Gasteiger partial charge is 0.363 e. The zero-order valence-corrected chi connectivity index (χ0v) is 13.2. The minimum atomic E-state index is -0.588. The van der Waals surface area contributed by atoms with E-state index in [4.69, 9.17) is 4.74 Å². The van der Waals surface area contributed by atoms with Gasteiger partial charge in [-0.1, -0.05) is 24.3 Å². The Morgan fingerprint density at radius 3 is 2.61 bits per heavy atom. The van der Waals surface area contributed by atoms with E-state index < -0.39 is 10.9 Å². The number of carbonyl (C=O) groups excluding carboxylic acids is 1. The molecule has 0 aliphatic carbocycles. The van der Waals surface area contributed by atoms with E-state index in [2.05, 4.69) is 20.9 Å². The molecule has 0 radical (unpaired) electrons. The van der Waals surface area contributed by atoms with Gasteiger partial charge >= 0.3 is 5.97 Å². The Labute approximate surface area is 139 Å². The predicted molar refractivity (Wildman–Crippen MR) is 87.8 cm³/mol. The summed E-state index contributed by atoms with van der Waals surface area (Å²) in [4.78, 5) is 26.5. The summed E-state index contributed by atoms with van der Waals surface area (Å²) in [6.45, 7) is 0. The maximum Gasteiger partial charge on any atom is 0.363 e. The van der Waals surface area contributed by atoms with Crippen LogP contribution in [0.2, 0.25) is 0 Å². The Balaban J connectivity index is 1.97. The topological polar surface area (TPSA) is 81.8 Å². The second-order valence-corrected chi connectivity index (χ2v) is 5.52. The SMILES string of the molecule is O=C1OC(c2ccccc2)=NC1=Cc1ccc(Br)c([N+](=O)[O-])c1. The van der Waals surface area contributed by atoms with Crippen LogP contribution in [0.5, 0.6) is 0 Å². The van der Waals surface area contributed by atoms with Crippen molar-refractivity contribution in [2.45, 2.75) is 0 Å². The van der Waals surface area contributed by atoms with Gasteiger partial charge in [-0.05, 0) is 45.8 Å². The van der Waals surface area contributed by atoms with E-state index in [1.165, 1.54) is 12.1 Å². The fourth-order valence-electron chi connectivity index (χ4n) is 2.03. The van der Waals surface area contributed by atoms with Gasteiger partial charge in [0.1, 0.15) is 0 Å². The molecule has 0 atom stereocenters. The zero-order valence-electron chi connectivity index (χ0n) is 11.6. The molecule has 7 heteroatoms. The third-order valence-corrected chi connectivity index (χ3v) is 3.78. The molecule has 1 aliphatic heterocycles. The molecule has 114 valence electrons. The first kappa shape index (κ1) is 15.1. The van der Waals surface area contributed by atoms with E-state index in [9.17, 15) is 14.9 Å². The summed E-state index contributed by atoms with van der Waals surface area (Å²) in [7, 11) is 0. The van der Waals surface area contributed by atoms with Crippen LogP contribution in [-0.4, -0.2) is 16.8 Å². The van der Waals surface area contributed by atoms with E-state index in [1.807, 2.05) is 18.2 Å². The van der Waals surface area contributed by atoms with E-state index in [0.29, 0.717) is 15.6 Å². The lowest BCUT2D eigenvalue weighted by atomic mass is 10.1. The number of benzene rings is 2. The number of ether oxygens (including phenoxy) is 1.